The maximum Gasteiger partial charge on any atom is 0.323 e. The van der Waals surface area contributed by atoms with Crippen LogP contribution in [0.4, 0.5) is 20.8 Å². The number of anilines is 2. The van der Waals surface area contributed by atoms with Crippen molar-refractivity contribution >= 4 is 17.7 Å². The average molecular weight is 427 g/mol. The second-order valence-electron chi connectivity index (χ2n) is 9.52. The van der Waals surface area contributed by atoms with Crippen molar-refractivity contribution in [1.82, 2.24) is 19.8 Å². The van der Waals surface area contributed by atoms with E-state index >= 15 is 0 Å². The van der Waals surface area contributed by atoms with Gasteiger partial charge in [0.25, 0.3) is 0 Å². The number of fused-ring (bicyclic) bond motifs is 2. The molecule has 3 aliphatic rings. The largest absolute Gasteiger partial charge is 0.342 e. The number of nitrogens with zero attached hydrogens (tertiary/aromatic N) is 5. The fraction of sp³-hybridized carbons (Fsp3) is 0.565. The van der Waals surface area contributed by atoms with Crippen molar-refractivity contribution in [2.24, 2.45) is 5.92 Å². The van der Waals surface area contributed by atoms with Gasteiger partial charge in [0, 0.05) is 63.8 Å². The van der Waals surface area contributed by atoms with Gasteiger partial charge in [-0.05, 0) is 62.0 Å². The minimum absolute atomic E-state index is 0.0314. The van der Waals surface area contributed by atoms with Crippen molar-refractivity contribution < 1.29 is 9.18 Å². The van der Waals surface area contributed by atoms with Crippen LogP contribution in [0, 0.1) is 11.7 Å². The summed E-state index contributed by atoms with van der Waals surface area (Å²) in [6.45, 7) is 5.78. The molecule has 0 radical (unpaired) electrons. The predicted molar refractivity (Wildman–Crippen MR) is 119 cm³/mol. The average Bonchev–Trinajstić information content (AvgIpc) is 3.49. The topological polar surface area (TPSA) is 58.7 Å². The molecule has 4 heterocycles. The van der Waals surface area contributed by atoms with Crippen LogP contribution >= 0.6 is 0 Å². The molecule has 31 heavy (non-hydrogen) atoms. The quantitative estimate of drug-likeness (QED) is 0.820. The van der Waals surface area contributed by atoms with Crippen LogP contribution in [0.5, 0.6) is 0 Å². The molecule has 0 saturated carbocycles. The summed E-state index contributed by atoms with van der Waals surface area (Å²) in [5.74, 6) is 1.39. The molecule has 2 amide bonds. The van der Waals surface area contributed by atoms with E-state index in [-0.39, 0.29) is 17.3 Å². The normalized spacial score (nSPS) is 22.9. The van der Waals surface area contributed by atoms with Crippen LogP contribution in [0.1, 0.15) is 24.8 Å². The molecule has 2 saturated heterocycles. The van der Waals surface area contributed by atoms with Crippen molar-refractivity contribution in [3.63, 3.8) is 0 Å². The third-order valence-electron chi connectivity index (χ3n) is 7.29. The van der Waals surface area contributed by atoms with Crippen molar-refractivity contribution in [2.45, 2.75) is 24.7 Å². The van der Waals surface area contributed by atoms with Crippen LogP contribution in [0.2, 0.25) is 0 Å². The predicted octanol–water partition coefficient (Wildman–Crippen LogP) is 2.91. The molecule has 2 aromatic rings. The minimum atomic E-state index is -0.219. The zero-order valence-corrected chi connectivity index (χ0v) is 18.4. The van der Waals surface area contributed by atoms with Gasteiger partial charge in [0.2, 0.25) is 5.95 Å². The lowest BCUT2D eigenvalue weighted by Crippen LogP contribution is -2.48. The molecule has 1 aromatic carbocycles. The van der Waals surface area contributed by atoms with Crippen LogP contribution in [0.3, 0.4) is 0 Å². The first-order valence-corrected chi connectivity index (χ1v) is 11.2. The molecule has 1 aromatic heterocycles. The number of carbonyl (C=O) groups excluding carboxylic acids is 1. The van der Waals surface area contributed by atoms with E-state index in [9.17, 15) is 9.18 Å². The number of halogens is 1. The molecule has 8 heteroatoms. The summed E-state index contributed by atoms with van der Waals surface area (Å²) in [6, 6.07) is 4.87. The molecule has 0 aliphatic carbocycles. The van der Waals surface area contributed by atoms with Crippen LogP contribution in [-0.2, 0) is 5.41 Å². The number of piperidine rings is 1. The lowest BCUT2D eigenvalue weighted by Gasteiger charge is -2.40. The summed E-state index contributed by atoms with van der Waals surface area (Å²) in [5, 5.41) is 0. The van der Waals surface area contributed by atoms with Gasteiger partial charge in [0.05, 0.1) is 0 Å². The number of carbonyl (C=O) groups is 1. The van der Waals surface area contributed by atoms with E-state index < -0.39 is 0 Å². The summed E-state index contributed by atoms with van der Waals surface area (Å²) in [5.41, 5.74) is 1.74. The van der Waals surface area contributed by atoms with Gasteiger partial charge in [0.15, 0.2) is 0 Å². The molecule has 0 unspecified atom stereocenters. The number of hydrogen-bond acceptors (Lipinski definition) is 4. The molecule has 7 nitrogen and oxygen atoms in total. The van der Waals surface area contributed by atoms with Gasteiger partial charge in [-0.15, -0.1) is 0 Å². The summed E-state index contributed by atoms with van der Waals surface area (Å²) in [6.07, 6.45) is 6.77. The van der Waals surface area contributed by atoms with E-state index in [1.807, 2.05) is 11.1 Å². The zero-order chi connectivity index (χ0) is 21.6. The standard InChI is InChI=1S/C23H31FN6O/c1-27(2)22(31)30-16-23(19-13-18(24)3-4-20(19)30)6-11-28(12-7-23)14-17-5-10-29(15-17)21-25-8-9-26-21/h3-4,8-9,13,17H,5-7,10-12,14-16H2,1-2H3,(H,25,26)/t17-/m1/s1. The fourth-order valence-corrected chi connectivity index (χ4v) is 5.61. The minimum Gasteiger partial charge on any atom is -0.342 e. The first kappa shape index (κ1) is 20.3. The maximum absolute atomic E-state index is 14.2. The molecule has 2 fully saturated rings. The number of benzene rings is 1. The van der Waals surface area contributed by atoms with Crippen LogP contribution in [0.25, 0.3) is 0 Å². The van der Waals surface area contributed by atoms with Gasteiger partial charge in [-0.25, -0.2) is 14.2 Å². The van der Waals surface area contributed by atoms with Gasteiger partial charge < -0.3 is 19.7 Å². The Morgan fingerprint density at radius 3 is 2.81 bits per heavy atom. The lowest BCUT2D eigenvalue weighted by molar-refractivity contribution is 0.148. The van der Waals surface area contributed by atoms with E-state index in [4.69, 9.17) is 0 Å². The van der Waals surface area contributed by atoms with Crippen LogP contribution in [-0.4, -0.2) is 79.2 Å². The Morgan fingerprint density at radius 2 is 2.10 bits per heavy atom. The number of hydrogen-bond donors (Lipinski definition) is 1. The first-order valence-electron chi connectivity index (χ1n) is 11.2. The van der Waals surface area contributed by atoms with Gasteiger partial charge in [-0.2, -0.15) is 0 Å². The van der Waals surface area contributed by atoms with E-state index in [1.165, 1.54) is 12.5 Å². The summed E-state index contributed by atoms with van der Waals surface area (Å²) >= 11 is 0. The number of amides is 2. The number of rotatable bonds is 3. The summed E-state index contributed by atoms with van der Waals surface area (Å²) in [7, 11) is 3.54. The van der Waals surface area contributed by atoms with Crippen LogP contribution in [0.15, 0.2) is 30.6 Å². The molecule has 166 valence electrons. The zero-order valence-electron chi connectivity index (χ0n) is 18.4. The van der Waals surface area contributed by atoms with E-state index in [0.717, 1.165) is 62.8 Å². The number of imidazole rings is 1. The second-order valence-corrected chi connectivity index (χ2v) is 9.52. The number of aromatic nitrogens is 2. The van der Waals surface area contributed by atoms with Crippen molar-refractivity contribution in [2.75, 3.05) is 63.2 Å². The number of likely N-dealkylation sites (tertiary alicyclic amines) is 1. The van der Waals surface area contributed by atoms with Gasteiger partial charge >= 0.3 is 6.03 Å². The Labute approximate surface area is 182 Å². The van der Waals surface area contributed by atoms with Crippen LogP contribution < -0.4 is 9.80 Å². The molecule has 3 aliphatic heterocycles. The highest BCUT2D eigenvalue weighted by atomic mass is 19.1. The lowest BCUT2D eigenvalue weighted by atomic mass is 9.74. The van der Waals surface area contributed by atoms with Gasteiger partial charge in [-0.1, -0.05) is 0 Å². The molecular weight excluding hydrogens is 395 g/mol. The number of nitrogens with one attached hydrogen (secondary N) is 1. The van der Waals surface area contributed by atoms with E-state index in [0.29, 0.717) is 12.5 Å². The first-order chi connectivity index (χ1) is 14.9. The molecule has 5 rings (SSSR count). The Balaban J connectivity index is 1.25. The van der Waals surface area contributed by atoms with Crippen molar-refractivity contribution in [1.29, 1.82) is 0 Å². The maximum atomic E-state index is 14.2. The smallest absolute Gasteiger partial charge is 0.323 e. The number of urea groups is 1. The van der Waals surface area contributed by atoms with Gasteiger partial charge in [0.1, 0.15) is 5.82 Å². The molecule has 1 spiro atoms. The molecule has 1 N–H and O–H groups in total. The number of aromatic amines is 1. The van der Waals surface area contributed by atoms with Crippen molar-refractivity contribution in [3.8, 4) is 0 Å². The monoisotopic (exact) mass is 426 g/mol. The molecule has 1 atom stereocenters. The van der Waals surface area contributed by atoms with Crippen molar-refractivity contribution in [3.05, 3.63) is 42.0 Å². The third kappa shape index (κ3) is 3.67. The fourth-order valence-electron chi connectivity index (χ4n) is 5.61. The highest BCUT2D eigenvalue weighted by molar-refractivity contribution is 5.95. The Kier molecular flexibility index (Phi) is 5.12. The SMILES string of the molecule is CN(C)C(=O)N1CC2(CCN(C[C@H]3CCN(c4ncc[nH]4)C3)CC2)c2cc(F)ccc21. The number of H-pyrrole nitrogens is 1. The van der Waals surface area contributed by atoms with E-state index in [1.54, 1.807) is 37.3 Å². The third-order valence-corrected chi connectivity index (χ3v) is 7.29. The second kappa shape index (κ2) is 7.82. The Bertz CT molecular complexity index is 938. The summed E-state index contributed by atoms with van der Waals surface area (Å²) in [4.78, 5) is 28.7. The Morgan fingerprint density at radius 1 is 1.29 bits per heavy atom. The van der Waals surface area contributed by atoms with Gasteiger partial charge in [-0.3, -0.25) is 4.90 Å². The highest BCUT2D eigenvalue weighted by Gasteiger charge is 2.47. The Hall–Kier alpha value is -2.61. The highest BCUT2D eigenvalue weighted by Crippen LogP contribution is 2.47. The van der Waals surface area contributed by atoms with E-state index in [2.05, 4.69) is 19.8 Å². The molecule has 0 bridgehead atoms. The summed E-state index contributed by atoms with van der Waals surface area (Å²) < 4.78 is 14.2. The molecular formula is C23H31FN6O.